The highest BCUT2D eigenvalue weighted by Crippen LogP contribution is 2.09. The smallest absolute Gasteiger partial charge is 0.222 e. The Hall–Kier alpha value is -2.64. The van der Waals surface area contributed by atoms with Crippen molar-refractivity contribution in [3.63, 3.8) is 0 Å². The highest BCUT2D eigenvalue weighted by atomic mass is 16.2. The summed E-state index contributed by atoms with van der Waals surface area (Å²) in [6.07, 6.45) is 2.49. The van der Waals surface area contributed by atoms with Crippen molar-refractivity contribution < 1.29 is 4.79 Å². The summed E-state index contributed by atoms with van der Waals surface area (Å²) in [5.41, 5.74) is 3.00. The van der Waals surface area contributed by atoms with Gasteiger partial charge in [-0.2, -0.15) is 5.26 Å². The Morgan fingerprint density at radius 2 is 1.58 bits per heavy atom. The fraction of sp³-hybridized carbons (Fsp3) is 0.364. The van der Waals surface area contributed by atoms with Crippen molar-refractivity contribution in [1.29, 1.82) is 5.26 Å². The summed E-state index contributed by atoms with van der Waals surface area (Å²) >= 11 is 0. The summed E-state index contributed by atoms with van der Waals surface area (Å²) in [4.78, 5) is 16.3. The van der Waals surface area contributed by atoms with Crippen molar-refractivity contribution in [3.05, 3.63) is 71.3 Å². The minimum absolute atomic E-state index is 0.167. The fourth-order valence-corrected chi connectivity index (χ4v) is 2.87. The van der Waals surface area contributed by atoms with Crippen LogP contribution >= 0.6 is 0 Å². The number of unbranched alkanes of at least 4 members (excludes halogenated alkanes) is 1. The van der Waals surface area contributed by atoms with Gasteiger partial charge < -0.3 is 9.80 Å². The van der Waals surface area contributed by atoms with Gasteiger partial charge in [0.15, 0.2) is 0 Å². The number of nitrogens with zero attached hydrogens (tertiary/aromatic N) is 3. The molecule has 0 aromatic heterocycles. The lowest BCUT2D eigenvalue weighted by Gasteiger charge is -2.19. The third kappa shape index (κ3) is 6.70. The van der Waals surface area contributed by atoms with Crippen LogP contribution in [0.15, 0.2) is 54.6 Å². The molecule has 0 aliphatic rings. The molecule has 2 aromatic rings. The Morgan fingerprint density at radius 1 is 0.923 bits per heavy atom. The van der Waals surface area contributed by atoms with E-state index >= 15 is 0 Å². The van der Waals surface area contributed by atoms with E-state index in [1.807, 2.05) is 25.2 Å². The minimum Gasteiger partial charge on any atom is -0.341 e. The van der Waals surface area contributed by atoms with Gasteiger partial charge in [0.05, 0.1) is 11.6 Å². The number of hydrogen-bond acceptors (Lipinski definition) is 3. The minimum atomic E-state index is 0.167. The van der Waals surface area contributed by atoms with E-state index in [-0.39, 0.29) is 5.91 Å². The fourth-order valence-electron chi connectivity index (χ4n) is 2.87. The van der Waals surface area contributed by atoms with Gasteiger partial charge in [0.1, 0.15) is 0 Å². The SMILES string of the molecule is CN(CCCCC(=O)N(C)Cc1ccc(C#N)cc1)Cc1ccccc1. The lowest BCUT2D eigenvalue weighted by molar-refractivity contribution is -0.130. The Kier molecular flexibility index (Phi) is 7.85. The molecular formula is C22H27N3O. The zero-order chi connectivity index (χ0) is 18.8. The van der Waals surface area contributed by atoms with Crippen LogP contribution in [-0.2, 0) is 17.9 Å². The second-order valence-corrected chi connectivity index (χ2v) is 6.74. The van der Waals surface area contributed by atoms with E-state index in [9.17, 15) is 4.79 Å². The van der Waals surface area contributed by atoms with E-state index in [4.69, 9.17) is 5.26 Å². The molecule has 0 spiro atoms. The molecule has 0 aliphatic carbocycles. The van der Waals surface area contributed by atoms with Crippen molar-refractivity contribution in [2.45, 2.75) is 32.4 Å². The van der Waals surface area contributed by atoms with Crippen molar-refractivity contribution in [2.24, 2.45) is 0 Å². The van der Waals surface area contributed by atoms with E-state index < -0.39 is 0 Å². The molecule has 1 amide bonds. The quantitative estimate of drug-likeness (QED) is 0.647. The Morgan fingerprint density at radius 3 is 2.23 bits per heavy atom. The van der Waals surface area contributed by atoms with Crippen LogP contribution in [0.5, 0.6) is 0 Å². The van der Waals surface area contributed by atoms with Gasteiger partial charge in [-0.1, -0.05) is 42.5 Å². The van der Waals surface area contributed by atoms with E-state index in [1.165, 1.54) is 5.56 Å². The first-order valence-electron chi connectivity index (χ1n) is 9.04. The summed E-state index contributed by atoms with van der Waals surface area (Å²) < 4.78 is 0. The number of amides is 1. The monoisotopic (exact) mass is 349 g/mol. The van der Waals surface area contributed by atoms with Gasteiger partial charge in [0.25, 0.3) is 0 Å². The first kappa shape index (κ1) is 19.7. The van der Waals surface area contributed by atoms with Crippen LogP contribution < -0.4 is 0 Å². The number of hydrogen-bond donors (Lipinski definition) is 0. The van der Waals surface area contributed by atoms with Crippen LogP contribution in [0.1, 0.15) is 36.0 Å². The Bertz CT molecular complexity index is 719. The lowest BCUT2D eigenvalue weighted by atomic mass is 10.1. The average molecular weight is 349 g/mol. The molecule has 0 aliphatic heterocycles. The molecule has 136 valence electrons. The summed E-state index contributed by atoms with van der Waals surface area (Å²) in [5.74, 6) is 0.167. The van der Waals surface area contributed by atoms with Crippen molar-refractivity contribution in [3.8, 4) is 6.07 Å². The maximum Gasteiger partial charge on any atom is 0.222 e. The first-order chi connectivity index (χ1) is 12.6. The van der Waals surface area contributed by atoms with Gasteiger partial charge in [-0.15, -0.1) is 0 Å². The molecule has 0 saturated heterocycles. The highest BCUT2D eigenvalue weighted by Gasteiger charge is 2.09. The van der Waals surface area contributed by atoms with Gasteiger partial charge in [-0.3, -0.25) is 4.79 Å². The normalized spacial score (nSPS) is 10.5. The summed E-state index contributed by atoms with van der Waals surface area (Å²) in [6.45, 7) is 2.51. The van der Waals surface area contributed by atoms with Gasteiger partial charge in [-0.05, 0) is 49.7 Å². The summed E-state index contributed by atoms with van der Waals surface area (Å²) in [5, 5.41) is 8.82. The molecule has 4 heteroatoms. The maximum absolute atomic E-state index is 12.3. The standard InChI is InChI=1S/C22H27N3O/c1-24(17-20-8-4-3-5-9-20)15-7-6-10-22(26)25(2)18-21-13-11-19(16-23)12-14-21/h3-5,8-9,11-14H,6-7,10,15,17-18H2,1-2H3. The van der Waals surface area contributed by atoms with Crippen LogP contribution in [-0.4, -0.2) is 36.3 Å². The van der Waals surface area contributed by atoms with Crippen LogP contribution in [0.4, 0.5) is 0 Å². The molecule has 0 heterocycles. The topological polar surface area (TPSA) is 47.3 Å². The molecule has 2 rings (SSSR count). The number of carbonyl (C=O) groups excluding carboxylic acids is 1. The molecule has 0 bridgehead atoms. The van der Waals surface area contributed by atoms with Crippen LogP contribution in [0, 0.1) is 11.3 Å². The maximum atomic E-state index is 12.3. The molecular weight excluding hydrogens is 322 g/mol. The van der Waals surface area contributed by atoms with Crippen molar-refractivity contribution >= 4 is 5.91 Å². The molecule has 0 atom stereocenters. The third-order valence-corrected chi connectivity index (χ3v) is 4.40. The van der Waals surface area contributed by atoms with Gasteiger partial charge in [0, 0.05) is 26.6 Å². The number of benzene rings is 2. The number of nitriles is 1. The van der Waals surface area contributed by atoms with E-state index in [2.05, 4.69) is 42.3 Å². The molecule has 4 nitrogen and oxygen atoms in total. The number of rotatable bonds is 9. The summed E-state index contributed by atoms with van der Waals surface area (Å²) in [7, 11) is 3.95. The third-order valence-electron chi connectivity index (χ3n) is 4.40. The van der Waals surface area contributed by atoms with Gasteiger partial charge in [0.2, 0.25) is 5.91 Å². The molecule has 0 saturated carbocycles. The van der Waals surface area contributed by atoms with Crippen LogP contribution in [0.25, 0.3) is 0 Å². The zero-order valence-electron chi connectivity index (χ0n) is 15.7. The number of carbonyl (C=O) groups is 1. The molecule has 26 heavy (non-hydrogen) atoms. The largest absolute Gasteiger partial charge is 0.341 e. The molecule has 0 N–H and O–H groups in total. The second-order valence-electron chi connectivity index (χ2n) is 6.74. The average Bonchev–Trinajstić information content (AvgIpc) is 2.66. The molecule has 0 fully saturated rings. The molecule has 0 unspecified atom stereocenters. The van der Waals surface area contributed by atoms with Gasteiger partial charge in [-0.25, -0.2) is 0 Å². The Balaban J connectivity index is 1.65. The van der Waals surface area contributed by atoms with E-state index in [0.717, 1.165) is 31.5 Å². The predicted molar refractivity (Wildman–Crippen MR) is 104 cm³/mol. The Labute approximate surface area is 156 Å². The first-order valence-corrected chi connectivity index (χ1v) is 9.04. The van der Waals surface area contributed by atoms with Crippen LogP contribution in [0.3, 0.4) is 0 Å². The molecule has 0 radical (unpaired) electrons. The lowest BCUT2D eigenvalue weighted by Crippen LogP contribution is -2.26. The van der Waals surface area contributed by atoms with E-state index in [0.29, 0.717) is 18.5 Å². The van der Waals surface area contributed by atoms with Crippen molar-refractivity contribution in [1.82, 2.24) is 9.80 Å². The second kappa shape index (κ2) is 10.4. The zero-order valence-corrected chi connectivity index (χ0v) is 15.7. The van der Waals surface area contributed by atoms with E-state index in [1.54, 1.807) is 17.0 Å². The van der Waals surface area contributed by atoms with Crippen LogP contribution in [0.2, 0.25) is 0 Å². The highest BCUT2D eigenvalue weighted by molar-refractivity contribution is 5.75. The van der Waals surface area contributed by atoms with Crippen molar-refractivity contribution in [2.75, 3.05) is 20.6 Å². The van der Waals surface area contributed by atoms with Gasteiger partial charge >= 0.3 is 0 Å². The molecule has 2 aromatic carbocycles. The summed E-state index contributed by atoms with van der Waals surface area (Å²) in [6, 6.07) is 19.9. The predicted octanol–water partition coefficient (Wildman–Crippen LogP) is 3.82.